The molecule has 1 aliphatic rings. The predicted molar refractivity (Wildman–Crippen MR) is 93.5 cm³/mol. The van der Waals surface area contributed by atoms with Crippen molar-refractivity contribution in [3.63, 3.8) is 0 Å². The number of nitrogens with two attached hydrogens (primary N) is 1. The van der Waals surface area contributed by atoms with E-state index in [2.05, 4.69) is 10.3 Å². The van der Waals surface area contributed by atoms with Gasteiger partial charge in [-0.3, -0.25) is 9.59 Å². The molecule has 124 valence electrons. The first-order chi connectivity index (χ1) is 11.6. The van der Waals surface area contributed by atoms with E-state index in [9.17, 15) is 9.59 Å². The number of primary amides is 1. The van der Waals surface area contributed by atoms with Crippen molar-refractivity contribution in [2.24, 2.45) is 5.73 Å². The van der Waals surface area contributed by atoms with Crippen LogP contribution in [-0.2, 0) is 0 Å². The first kappa shape index (κ1) is 16.3. The molecule has 2 aromatic rings. The number of pyridine rings is 1. The van der Waals surface area contributed by atoms with Crippen LogP contribution >= 0.6 is 11.8 Å². The molecule has 1 aromatic heterocycles. The van der Waals surface area contributed by atoms with Crippen molar-refractivity contribution in [2.75, 3.05) is 16.8 Å². The molecule has 1 aromatic carbocycles. The van der Waals surface area contributed by atoms with E-state index in [0.29, 0.717) is 17.1 Å². The predicted octanol–water partition coefficient (Wildman–Crippen LogP) is 2.32. The molecule has 2 amide bonds. The molecule has 1 aliphatic heterocycles. The van der Waals surface area contributed by atoms with Crippen LogP contribution in [0.1, 0.15) is 27.1 Å². The van der Waals surface area contributed by atoms with Gasteiger partial charge in [0, 0.05) is 11.9 Å². The topological polar surface area (TPSA) is 94.3 Å². The lowest BCUT2D eigenvalue weighted by Crippen LogP contribution is -2.21. The Hall–Kier alpha value is -2.54. The molecule has 1 unspecified atom stereocenters. The zero-order valence-corrected chi connectivity index (χ0v) is 13.7. The van der Waals surface area contributed by atoms with Crippen LogP contribution in [-0.4, -0.2) is 34.4 Å². The number of hydrogen-bond donors (Lipinski definition) is 2. The molecule has 24 heavy (non-hydrogen) atoms. The van der Waals surface area contributed by atoms with Gasteiger partial charge in [0.05, 0.1) is 11.3 Å². The van der Waals surface area contributed by atoms with E-state index in [1.807, 2.05) is 11.8 Å². The minimum absolute atomic E-state index is 0.0642. The highest BCUT2D eigenvalue weighted by molar-refractivity contribution is 7.99. The molecule has 1 atom stereocenters. The van der Waals surface area contributed by atoms with Gasteiger partial charge in [-0.05, 0) is 36.4 Å². The molecule has 0 bridgehead atoms. The third-order valence-electron chi connectivity index (χ3n) is 3.62. The minimum Gasteiger partial charge on any atom is -0.473 e. The molecule has 0 radical (unpaired) electrons. The van der Waals surface area contributed by atoms with Crippen molar-refractivity contribution in [3.8, 4) is 5.88 Å². The molecule has 7 heteroatoms. The lowest BCUT2D eigenvalue weighted by molar-refractivity contribution is 0.100. The van der Waals surface area contributed by atoms with Crippen LogP contribution in [0.4, 0.5) is 5.69 Å². The molecule has 1 saturated heterocycles. The van der Waals surface area contributed by atoms with Gasteiger partial charge in [0.25, 0.3) is 11.8 Å². The fraction of sp³-hybridized carbons (Fsp3) is 0.235. The number of ether oxygens (including phenoxy) is 1. The van der Waals surface area contributed by atoms with Gasteiger partial charge < -0.3 is 15.8 Å². The third kappa shape index (κ3) is 3.68. The molecule has 0 spiro atoms. The molecule has 3 rings (SSSR count). The fourth-order valence-corrected chi connectivity index (χ4v) is 3.51. The Morgan fingerprint density at radius 2 is 2.00 bits per heavy atom. The SMILES string of the molecule is NC(=O)c1ccccc1NC(=O)c1cccnc1OC1CCSC1. The number of amides is 2. The summed E-state index contributed by atoms with van der Waals surface area (Å²) in [4.78, 5) is 28.2. The van der Waals surface area contributed by atoms with Gasteiger partial charge in [-0.15, -0.1) is 0 Å². The van der Waals surface area contributed by atoms with Gasteiger partial charge >= 0.3 is 0 Å². The minimum atomic E-state index is -0.600. The highest BCUT2D eigenvalue weighted by Gasteiger charge is 2.22. The van der Waals surface area contributed by atoms with Crippen LogP contribution < -0.4 is 15.8 Å². The first-order valence-electron chi connectivity index (χ1n) is 7.55. The average Bonchev–Trinajstić information content (AvgIpc) is 3.08. The number of benzene rings is 1. The number of hydrogen-bond acceptors (Lipinski definition) is 5. The maximum absolute atomic E-state index is 12.6. The first-order valence-corrected chi connectivity index (χ1v) is 8.70. The number of nitrogens with zero attached hydrogens (tertiary/aromatic N) is 1. The number of carbonyl (C=O) groups is 2. The molecule has 2 heterocycles. The van der Waals surface area contributed by atoms with Crippen LogP contribution in [0.25, 0.3) is 0 Å². The highest BCUT2D eigenvalue weighted by Crippen LogP contribution is 2.25. The Labute approximate surface area is 143 Å². The van der Waals surface area contributed by atoms with Crippen LogP contribution in [0, 0.1) is 0 Å². The van der Waals surface area contributed by atoms with Gasteiger partial charge in [-0.2, -0.15) is 11.8 Å². The molecular formula is C17H17N3O3S. The molecule has 3 N–H and O–H groups in total. The molecule has 0 aliphatic carbocycles. The summed E-state index contributed by atoms with van der Waals surface area (Å²) in [5.41, 5.74) is 6.28. The van der Waals surface area contributed by atoms with E-state index in [-0.39, 0.29) is 11.7 Å². The largest absolute Gasteiger partial charge is 0.473 e. The second-order valence-corrected chi connectivity index (χ2v) is 6.47. The molecule has 0 saturated carbocycles. The van der Waals surface area contributed by atoms with Crippen molar-refractivity contribution >= 4 is 29.3 Å². The number of nitrogens with one attached hydrogen (secondary N) is 1. The van der Waals surface area contributed by atoms with Gasteiger partial charge in [0.1, 0.15) is 11.7 Å². The quantitative estimate of drug-likeness (QED) is 0.869. The molecule has 6 nitrogen and oxygen atoms in total. The average molecular weight is 343 g/mol. The van der Waals surface area contributed by atoms with E-state index in [1.54, 1.807) is 42.6 Å². The van der Waals surface area contributed by atoms with Crippen LogP contribution in [0.15, 0.2) is 42.6 Å². The van der Waals surface area contributed by atoms with E-state index < -0.39 is 11.8 Å². The lowest BCUT2D eigenvalue weighted by atomic mass is 10.1. The van der Waals surface area contributed by atoms with Crippen LogP contribution in [0.3, 0.4) is 0 Å². The number of anilines is 1. The van der Waals surface area contributed by atoms with Crippen molar-refractivity contribution in [1.82, 2.24) is 4.98 Å². The maximum Gasteiger partial charge on any atom is 0.261 e. The normalized spacial score (nSPS) is 16.6. The number of thioether (sulfide) groups is 1. The zero-order valence-electron chi connectivity index (χ0n) is 12.9. The Kier molecular flexibility index (Phi) is 5.00. The monoisotopic (exact) mass is 343 g/mol. The van der Waals surface area contributed by atoms with E-state index in [1.165, 1.54) is 0 Å². The Balaban J connectivity index is 1.82. The molecular weight excluding hydrogens is 326 g/mol. The van der Waals surface area contributed by atoms with Crippen molar-refractivity contribution in [3.05, 3.63) is 53.7 Å². The Morgan fingerprint density at radius 1 is 1.21 bits per heavy atom. The van der Waals surface area contributed by atoms with Gasteiger partial charge in [0.2, 0.25) is 5.88 Å². The Bertz CT molecular complexity index is 760. The number of aromatic nitrogens is 1. The van der Waals surface area contributed by atoms with Gasteiger partial charge in [0.15, 0.2) is 0 Å². The summed E-state index contributed by atoms with van der Waals surface area (Å²) < 4.78 is 5.86. The third-order valence-corrected chi connectivity index (χ3v) is 4.75. The van der Waals surface area contributed by atoms with Crippen LogP contribution in [0.5, 0.6) is 5.88 Å². The second kappa shape index (κ2) is 7.35. The fourth-order valence-electron chi connectivity index (χ4n) is 2.42. The van der Waals surface area contributed by atoms with Crippen molar-refractivity contribution < 1.29 is 14.3 Å². The van der Waals surface area contributed by atoms with Gasteiger partial charge in [-0.25, -0.2) is 4.98 Å². The lowest BCUT2D eigenvalue weighted by Gasteiger charge is -2.15. The number of para-hydroxylation sites is 1. The number of carbonyl (C=O) groups excluding carboxylic acids is 2. The zero-order chi connectivity index (χ0) is 16.9. The summed E-state index contributed by atoms with van der Waals surface area (Å²) in [6.07, 6.45) is 2.59. The van der Waals surface area contributed by atoms with Crippen molar-refractivity contribution in [1.29, 1.82) is 0 Å². The maximum atomic E-state index is 12.6. The Morgan fingerprint density at radius 3 is 2.75 bits per heavy atom. The van der Waals surface area contributed by atoms with E-state index >= 15 is 0 Å². The van der Waals surface area contributed by atoms with Crippen molar-refractivity contribution in [2.45, 2.75) is 12.5 Å². The summed E-state index contributed by atoms with van der Waals surface area (Å²) in [7, 11) is 0. The summed E-state index contributed by atoms with van der Waals surface area (Å²) in [5, 5.41) is 2.71. The smallest absolute Gasteiger partial charge is 0.261 e. The second-order valence-electron chi connectivity index (χ2n) is 5.32. The highest BCUT2D eigenvalue weighted by atomic mass is 32.2. The van der Waals surface area contributed by atoms with E-state index in [4.69, 9.17) is 10.5 Å². The van der Waals surface area contributed by atoms with E-state index in [0.717, 1.165) is 17.9 Å². The van der Waals surface area contributed by atoms with Gasteiger partial charge in [-0.1, -0.05) is 12.1 Å². The summed E-state index contributed by atoms with van der Waals surface area (Å²) >= 11 is 1.82. The summed E-state index contributed by atoms with van der Waals surface area (Å²) in [5.74, 6) is 1.25. The standard InChI is InChI=1S/C17H17N3O3S/c18-15(21)12-4-1-2-6-14(12)20-16(22)13-5-3-8-19-17(13)23-11-7-9-24-10-11/h1-6,8,11H,7,9-10H2,(H2,18,21)(H,20,22). The van der Waals surface area contributed by atoms with Crippen LogP contribution in [0.2, 0.25) is 0 Å². The summed E-state index contributed by atoms with van der Waals surface area (Å²) in [6.45, 7) is 0. The number of rotatable bonds is 5. The summed E-state index contributed by atoms with van der Waals surface area (Å²) in [6, 6.07) is 9.92. The molecule has 1 fully saturated rings.